The predicted molar refractivity (Wildman–Crippen MR) is 78.0 cm³/mol. The van der Waals surface area contributed by atoms with Crippen molar-refractivity contribution >= 4 is 17.4 Å². The molecule has 2 aromatic rings. The summed E-state index contributed by atoms with van der Waals surface area (Å²) in [4.78, 5) is 3.95. The Morgan fingerprint density at radius 3 is 2.50 bits per heavy atom. The highest BCUT2D eigenvalue weighted by Gasteiger charge is 2.32. The average molecular weight is 295 g/mol. The first-order valence-electron chi connectivity index (χ1n) is 6.17. The zero-order valence-corrected chi connectivity index (χ0v) is 12.0. The van der Waals surface area contributed by atoms with E-state index < -0.39 is 11.5 Å². The summed E-state index contributed by atoms with van der Waals surface area (Å²) < 4.78 is 13.0. The number of pyridine rings is 1. The number of aromatic nitrogens is 1. The molecule has 0 aliphatic rings. The van der Waals surface area contributed by atoms with Crippen LogP contribution in [0.1, 0.15) is 31.1 Å². The van der Waals surface area contributed by atoms with E-state index in [0.29, 0.717) is 10.6 Å². The number of rotatable bonds is 3. The Labute approximate surface area is 122 Å². The van der Waals surface area contributed by atoms with Gasteiger partial charge in [0, 0.05) is 17.2 Å². The van der Waals surface area contributed by atoms with Gasteiger partial charge in [-0.25, -0.2) is 9.37 Å². The van der Waals surface area contributed by atoms with Crippen molar-refractivity contribution in [2.24, 2.45) is 0 Å². The van der Waals surface area contributed by atoms with Gasteiger partial charge in [-0.1, -0.05) is 37.6 Å². The van der Waals surface area contributed by atoms with E-state index >= 15 is 0 Å². The van der Waals surface area contributed by atoms with Crippen molar-refractivity contribution in [3.63, 3.8) is 0 Å². The molecule has 0 aliphatic heterocycles. The molecular formula is C15H16ClFN2O. The topological polar surface area (TPSA) is 59.1 Å². The van der Waals surface area contributed by atoms with Gasteiger partial charge >= 0.3 is 0 Å². The van der Waals surface area contributed by atoms with Crippen LogP contribution in [0.5, 0.6) is 0 Å². The van der Waals surface area contributed by atoms with Gasteiger partial charge in [-0.05, 0) is 23.8 Å². The number of nitrogens with zero attached hydrogens (tertiary/aromatic N) is 1. The molecule has 0 amide bonds. The normalized spacial score (nSPS) is 13.2. The van der Waals surface area contributed by atoms with Gasteiger partial charge in [-0.15, -0.1) is 0 Å². The van der Waals surface area contributed by atoms with Crippen LogP contribution in [0, 0.1) is 5.82 Å². The van der Waals surface area contributed by atoms with Crippen LogP contribution in [0.25, 0.3) is 0 Å². The Morgan fingerprint density at radius 1 is 1.30 bits per heavy atom. The van der Waals surface area contributed by atoms with E-state index in [9.17, 15) is 9.50 Å². The van der Waals surface area contributed by atoms with E-state index in [1.54, 1.807) is 18.2 Å². The van der Waals surface area contributed by atoms with Crippen LogP contribution in [0.15, 0.2) is 36.5 Å². The molecule has 3 nitrogen and oxygen atoms in total. The third-order valence-electron chi connectivity index (χ3n) is 3.48. The largest absolute Gasteiger partial charge is 0.387 e. The molecule has 1 unspecified atom stereocenters. The first-order chi connectivity index (χ1) is 9.32. The average Bonchev–Trinajstić information content (AvgIpc) is 2.41. The van der Waals surface area contributed by atoms with Gasteiger partial charge in [0.1, 0.15) is 11.6 Å². The van der Waals surface area contributed by atoms with Gasteiger partial charge in [-0.3, -0.25) is 0 Å². The fourth-order valence-corrected chi connectivity index (χ4v) is 2.28. The van der Waals surface area contributed by atoms with Crippen LogP contribution in [0.4, 0.5) is 10.2 Å². The van der Waals surface area contributed by atoms with E-state index in [0.717, 1.165) is 5.56 Å². The molecule has 1 aromatic heterocycles. The maximum Gasteiger partial charge on any atom is 0.129 e. The van der Waals surface area contributed by atoms with Gasteiger partial charge in [0.15, 0.2) is 0 Å². The zero-order valence-electron chi connectivity index (χ0n) is 11.3. The number of nitrogen functional groups attached to an aromatic ring is 1. The van der Waals surface area contributed by atoms with Gasteiger partial charge in [0.25, 0.3) is 0 Å². The summed E-state index contributed by atoms with van der Waals surface area (Å²) in [5.41, 5.74) is 6.40. The van der Waals surface area contributed by atoms with Crippen molar-refractivity contribution in [1.29, 1.82) is 0 Å². The fraction of sp³-hybridized carbons (Fsp3) is 0.267. The number of aliphatic hydroxyl groups is 1. The lowest BCUT2D eigenvalue weighted by Gasteiger charge is -2.32. The van der Waals surface area contributed by atoms with Gasteiger partial charge in [-0.2, -0.15) is 0 Å². The van der Waals surface area contributed by atoms with Crippen LogP contribution in [-0.4, -0.2) is 10.1 Å². The van der Waals surface area contributed by atoms with Crippen molar-refractivity contribution in [2.75, 3.05) is 5.73 Å². The van der Waals surface area contributed by atoms with Crippen molar-refractivity contribution in [3.05, 3.63) is 58.5 Å². The van der Waals surface area contributed by atoms with Crippen molar-refractivity contribution < 1.29 is 9.50 Å². The summed E-state index contributed by atoms with van der Waals surface area (Å²) >= 11 is 5.90. The molecule has 2 rings (SSSR count). The van der Waals surface area contributed by atoms with Gasteiger partial charge < -0.3 is 10.8 Å². The summed E-state index contributed by atoms with van der Waals surface area (Å²) in [5, 5.41) is 11.0. The highest BCUT2D eigenvalue weighted by atomic mass is 35.5. The molecule has 106 valence electrons. The van der Waals surface area contributed by atoms with Gasteiger partial charge in [0.05, 0.1) is 11.1 Å². The highest BCUT2D eigenvalue weighted by molar-refractivity contribution is 6.30. The summed E-state index contributed by atoms with van der Waals surface area (Å²) in [5.74, 6) is -0.0833. The second kappa shape index (κ2) is 5.38. The number of hydrogen-bond donors (Lipinski definition) is 2. The minimum atomic E-state index is -0.904. The molecule has 0 saturated carbocycles. The first kappa shape index (κ1) is 14.8. The van der Waals surface area contributed by atoms with Crippen LogP contribution < -0.4 is 5.73 Å². The summed E-state index contributed by atoms with van der Waals surface area (Å²) in [7, 11) is 0. The number of halogens is 2. The van der Waals surface area contributed by atoms with Crippen molar-refractivity contribution in [3.8, 4) is 0 Å². The van der Waals surface area contributed by atoms with Crippen LogP contribution in [-0.2, 0) is 5.41 Å². The summed E-state index contributed by atoms with van der Waals surface area (Å²) in [6.07, 6.45) is 0.525. The van der Waals surface area contributed by atoms with E-state index in [-0.39, 0.29) is 11.6 Å². The quantitative estimate of drug-likeness (QED) is 0.911. The second-order valence-electron chi connectivity index (χ2n) is 5.26. The van der Waals surface area contributed by atoms with E-state index in [2.05, 4.69) is 4.98 Å². The summed E-state index contributed by atoms with van der Waals surface area (Å²) in [6.45, 7) is 3.70. The Morgan fingerprint density at radius 2 is 1.90 bits per heavy atom. The fourth-order valence-electron chi connectivity index (χ4n) is 2.11. The Balaban J connectivity index is 2.42. The Bertz CT molecular complexity index is 614. The number of aliphatic hydroxyl groups excluding tert-OH is 1. The molecule has 0 aliphatic carbocycles. The third-order valence-corrected chi connectivity index (χ3v) is 3.69. The van der Waals surface area contributed by atoms with Crippen LogP contribution in [0.3, 0.4) is 0 Å². The summed E-state index contributed by atoms with van der Waals surface area (Å²) in [6, 6.07) is 7.62. The maximum atomic E-state index is 13.0. The molecule has 0 saturated heterocycles. The molecule has 0 bridgehead atoms. The maximum absolute atomic E-state index is 13.0. The smallest absolute Gasteiger partial charge is 0.129 e. The lowest BCUT2D eigenvalue weighted by Crippen LogP contribution is -2.27. The number of benzene rings is 1. The lowest BCUT2D eigenvalue weighted by molar-refractivity contribution is 0.101. The van der Waals surface area contributed by atoms with Gasteiger partial charge in [0.2, 0.25) is 0 Å². The molecule has 1 aromatic carbocycles. The molecule has 3 N–H and O–H groups in total. The monoisotopic (exact) mass is 294 g/mol. The first-order valence-corrected chi connectivity index (χ1v) is 6.55. The zero-order chi connectivity index (χ0) is 14.9. The van der Waals surface area contributed by atoms with Crippen molar-refractivity contribution in [2.45, 2.75) is 25.4 Å². The third kappa shape index (κ3) is 2.76. The van der Waals surface area contributed by atoms with Crippen molar-refractivity contribution in [1.82, 2.24) is 4.98 Å². The predicted octanol–water partition coefficient (Wildman–Crippen LogP) is 3.47. The van der Waals surface area contributed by atoms with E-state index in [4.69, 9.17) is 17.3 Å². The molecule has 1 atom stereocenters. The number of nitrogens with two attached hydrogens (primary N) is 1. The molecule has 0 radical (unpaired) electrons. The lowest BCUT2D eigenvalue weighted by atomic mass is 9.77. The molecule has 5 heteroatoms. The van der Waals surface area contributed by atoms with Crippen LogP contribution in [0.2, 0.25) is 5.02 Å². The minimum Gasteiger partial charge on any atom is -0.387 e. The Hall–Kier alpha value is -1.65. The molecule has 1 heterocycles. The molecule has 0 fully saturated rings. The molecule has 0 spiro atoms. The number of hydrogen-bond acceptors (Lipinski definition) is 3. The highest BCUT2D eigenvalue weighted by Crippen LogP contribution is 2.39. The standard InChI is InChI=1S/C15H16ClFN2O/c1-15(2,9-3-5-11(17)6-4-9)13(20)12-7-10(16)8-19-14(12)18/h3-8,13,20H,1-2H3,(H2,18,19). The number of anilines is 1. The second-order valence-corrected chi connectivity index (χ2v) is 5.70. The van der Waals surface area contributed by atoms with E-state index in [1.807, 2.05) is 13.8 Å². The minimum absolute atomic E-state index is 0.233. The molecule has 20 heavy (non-hydrogen) atoms. The van der Waals surface area contributed by atoms with Crippen LogP contribution >= 0.6 is 11.6 Å². The SMILES string of the molecule is CC(C)(c1ccc(F)cc1)C(O)c1cc(Cl)cnc1N. The molecular weight excluding hydrogens is 279 g/mol. The van der Waals surface area contributed by atoms with E-state index in [1.165, 1.54) is 18.3 Å². The Kier molecular flexibility index (Phi) is 3.97.